The second-order valence-corrected chi connectivity index (χ2v) is 6.23. The summed E-state index contributed by atoms with van der Waals surface area (Å²) in [5.74, 6) is 1.03. The Balaban J connectivity index is 0. The van der Waals surface area contributed by atoms with Crippen molar-refractivity contribution in [2.24, 2.45) is 0 Å². The number of halogens is 1. The Bertz CT molecular complexity index is 629. The molecule has 0 aromatic heterocycles. The molecule has 0 aliphatic heterocycles. The number of rotatable bonds is 0. The minimum Gasteiger partial charge on any atom is -0.522 e. The molecule has 2 N–H and O–H groups in total. The number of aryl methyl sites for hydroxylation is 1. The monoisotopic (exact) mass is 482 g/mol. The van der Waals surface area contributed by atoms with Crippen LogP contribution in [0, 0.1) is 6.92 Å². The minimum absolute atomic E-state index is 0. The third kappa shape index (κ3) is 12.8. The first kappa shape index (κ1) is 25.6. The summed E-state index contributed by atoms with van der Waals surface area (Å²) in [6.07, 6.45) is -0.167. The van der Waals surface area contributed by atoms with Crippen LogP contribution in [0.15, 0.2) is 65.1 Å². The summed E-state index contributed by atoms with van der Waals surface area (Å²) >= 11 is 3.51. The molecule has 5 heteroatoms. The smallest absolute Gasteiger partial charge is 0.522 e. The number of fused-ring (bicyclic) bond motifs is 1. The van der Waals surface area contributed by atoms with Gasteiger partial charge in [0, 0.05) is 21.8 Å². The molecule has 0 fully saturated rings. The van der Waals surface area contributed by atoms with E-state index in [4.69, 9.17) is 10.2 Å². The second-order valence-electron chi connectivity index (χ2n) is 5.01. The predicted octanol–water partition coefficient (Wildman–Crippen LogP) is 4.17. The number of aliphatic hydroxyl groups excluding tert-OH is 2. The normalized spacial score (nSPS) is 8.58. The van der Waals surface area contributed by atoms with Crippen molar-refractivity contribution in [1.82, 2.24) is 0 Å². The molecular weight excluding hydrogens is 459 g/mol. The molecule has 3 aromatic rings. The van der Waals surface area contributed by atoms with E-state index in [0.29, 0.717) is 0 Å². The standard InChI is InChI=1S/C10H8Br.C5H5.C3H8O.CH4OSi.Zr/c1-7-5-8-3-2-4-10(11)9(8)6-7;1-2-4-5-3-1;1-3(2)4;2-1-3;/h2-6H,1H3;1-5H;3-4H,1-2H3;1-2H,3H2;/q2*-1;;;+2. The maximum absolute atomic E-state index is 8.06. The van der Waals surface area contributed by atoms with E-state index in [2.05, 4.69) is 53.2 Å². The van der Waals surface area contributed by atoms with Crippen molar-refractivity contribution >= 4 is 42.4 Å². The molecule has 0 aliphatic carbocycles. The van der Waals surface area contributed by atoms with Crippen LogP contribution in [0.4, 0.5) is 0 Å². The van der Waals surface area contributed by atoms with Gasteiger partial charge in [-0.3, -0.25) is 0 Å². The van der Waals surface area contributed by atoms with Gasteiger partial charge in [0.15, 0.2) is 0 Å². The number of hydrogen-bond donors (Lipinski definition) is 2. The second kappa shape index (κ2) is 15.9. The maximum Gasteiger partial charge on any atom is 2.00 e. The number of aliphatic hydroxyl groups is 2. The van der Waals surface area contributed by atoms with E-state index in [9.17, 15) is 0 Å². The molecule has 0 atom stereocenters. The van der Waals surface area contributed by atoms with E-state index in [-0.39, 0.29) is 32.3 Å². The Morgan fingerprint density at radius 2 is 1.67 bits per heavy atom. The summed E-state index contributed by atoms with van der Waals surface area (Å²) in [5.41, 5.74) is 1.33. The molecule has 2 nitrogen and oxygen atoms in total. The first-order valence-electron chi connectivity index (χ1n) is 7.33. The third-order valence-electron chi connectivity index (χ3n) is 2.40. The van der Waals surface area contributed by atoms with Gasteiger partial charge in [-0.05, 0) is 18.3 Å². The summed E-state index contributed by atoms with van der Waals surface area (Å²) in [5, 5.41) is 18.1. The Morgan fingerprint density at radius 1 is 1.17 bits per heavy atom. The largest absolute Gasteiger partial charge is 2.00 e. The molecule has 0 heterocycles. The molecular formula is C19H25BrO2SiZr. The van der Waals surface area contributed by atoms with Crippen molar-refractivity contribution in [3.63, 3.8) is 0 Å². The Morgan fingerprint density at radius 3 is 2.04 bits per heavy atom. The number of benzene rings is 1. The minimum atomic E-state index is -0.167. The van der Waals surface area contributed by atoms with E-state index < -0.39 is 0 Å². The molecule has 3 rings (SSSR count). The van der Waals surface area contributed by atoms with Crippen LogP contribution in [0.5, 0.6) is 0 Å². The van der Waals surface area contributed by atoms with Gasteiger partial charge in [0.05, 0.1) is 0 Å². The summed E-state index contributed by atoms with van der Waals surface area (Å²) in [7, 11) is 1.40. The van der Waals surface area contributed by atoms with Gasteiger partial charge in [0.2, 0.25) is 0 Å². The van der Waals surface area contributed by atoms with E-state index in [1.165, 1.54) is 30.7 Å². The molecule has 0 saturated heterocycles. The fourth-order valence-corrected chi connectivity index (χ4v) is 2.16. The zero-order chi connectivity index (χ0) is 17.7. The summed E-state index contributed by atoms with van der Waals surface area (Å²) in [6, 6.07) is 20.7. The molecule has 0 spiro atoms. The van der Waals surface area contributed by atoms with Crippen molar-refractivity contribution in [2.45, 2.75) is 26.9 Å². The Hall–Kier alpha value is -0.610. The van der Waals surface area contributed by atoms with Gasteiger partial charge in [-0.2, -0.15) is 24.3 Å². The van der Waals surface area contributed by atoms with Crippen LogP contribution in [0.2, 0.25) is 0 Å². The van der Waals surface area contributed by atoms with Crippen molar-refractivity contribution in [2.75, 3.05) is 0 Å². The zero-order valence-corrected chi connectivity index (χ0v) is 19.9. The van der Waals surface area contributed by atoms with Crippen LogP contribution in [-0.2, 0) is 26.2 Å². The SMILES string of the molecule is CC(C)O.Cc1cc2c(Br)cccc2[cH-]1.OC=[SiH2].[Zr+2].c1cc[cH-]c1. The summed E-state index contributed by atoms with van der Waals surface area (Å²) in [4.78, 5) is 0. The van der Waals surface area contributed by atoms with E-state index in [1.807, 2.05) is 30.3 Å². The van der Waals surface area contributed by atoms with E-state index in [0.717, 1.165) is 5.86 Å². The van der Waals surface area contributed by atoms with E-state index >= 15 is 0 Å². The molecule has 0 unspecified atom stereocenters. The van der Waals surface area contributed by atoms with Crippen molar-refractivity contribution < 1.29 is 36.4 Å². The van der Waals surface area contributed by atoms with Crippen molar-refractivity contribution in [3.8, 4) is 0 Å². The maximum atomic E-state index is 8.06. The quantitative estimate of drug-likeness (QED) is 0.372. The Kier molecular flexibility index (Phi) is 17.0. The van der Waals surface area contributed by atoms with E-state index in [1.54, 1.807) is 13.8 Å². The molecule has 3 aromatic carbocycles. The van der Waals surface area contributed by atoms with Crippen molar-refractivity contribution in [1.29, 1.82) is 0 Å². The third-order valence-corrected chi connectivity index (χ3v) is 3.09. The van der Waals surface area contributed by atoms with Crippen LogP contribution in [0.3, 0.4) is 0 Å². The van der Waals surface area contributed by atoms with Crippen LogP contribution >= 0.6 is 15.9 Å². The van der Waals surface area contributed by atoms with Crippen molar-refractivity contribution in [3.05, 3.63) is 70.7 Å². The molecule has 0 radical (unpaired) electrons. The molecule has 0 aliphatic rings. The molecule has 24 heavy (non-hydrogen) atoms. The van der Waals surface area contributed by atoms with Crippen LogP contribution < -0.4 is 0 Å². The van der Waals surface area contributed by atoms with Gasteiger partial charge in [-0.15, -0.1) is 34.5 Å². The average Bonchev–Trinajstić information content (AvgIpc) is 3.11. The predicted molar refractivity (Wildman–Crippen MR) is 108 cm³/mol. The van der Waals surface area contributed by atoms with Gasteiger partial charge < -0.3 is 10.2 Å². The van der Waals surface area contributed by atoms with Gasteiger partial charge in [0.1, 0.15) is 0 Å². The first-order chi connectivity index (χ1) is 10.9. The zero-order valence-electron chi connectivity index (χ0n) is 14.4. The van der Waals surface area contributed by atoms with Crippen LogP contribution in [0.1, 0.15) is 19.4 Å². The van der Waals surface area contributed by atoms with Crippen LogP contribution in [-0.4, -0.2) is 32.0 Å². The average molecular weight is 485 g/mol. The molecule has 0 saturated carbocycles. The van der Waals surface area contributed by atoms with Gasteiger partial charge >= 0.3 is 26.2 Å². The van der Waals surface area contributed by atoms with Gasteiger partial charge in [-0.1, -0.05) is 28.9 Å². The molecule has 0 bridgehead atoms. The molecule has 128 valence electrons. The number of hydrogen-bond acceptors (Lipinski definition) is 2. The fraction of sp³-hybridized carbons (Fsp3) is 0.211. The molecule has 0 amide bonds. The first-order valence-corrected chi connectivity index (χ1v) is 8.94. The summed E-state index contributed by atoms with van der Waals surface area (Å²) in [6.45, 7) is 5.56. The van der Waals surface area contributed by atoms with Crippen LogP contribution in [0.25, 0.3) is 10.8 Å². The fourth-order valence-electron chi connectivity index (χ4n) is 1.67. The van der Waals surface area contributed by atoms with Gasteiger partial charge in [0.25, 0.3) is 0 Å². The summed E-state index contributed by atoms with van der Waals surface area (Å²) < 4.78 is 1.18. The topological polar surface area (TPSA) is 40.5 Å². The van der Waals surface area contributed by atoms with Gasteiger partial charge in [-0.25, -0.2) is 12.1 Å². The Labute approximate surface area is 175 Å².